The standard InChI is InChI=1S/C17H18BrFN2O3/c1-23-15-3-2-12(8-14(15)19)10-20-4-6-21(7-5-20)17(22)13-9-16(18)24-11-13/h2-3,8-9,11H,4-7,10H2,1H3. The summed E-state index contributed by atoms with van der Waals surface area (Å²) >= 11 is 3.20. The van der Waals surface area contributed by atoms with Gasteiger partial charge in [-0.1, -0.05) is 6.07 Å². The van der Waals surface area contributed by atoms with Gasteiger partial charge in [-0.25, -0.2) is 4.39 Å². The summed E-state index contributed by atoms with van der Waals surface area (Å²) in [7, 11) is 1.45. The molecule has 1 fully saturated rings. The first-order valence-electron chi connectivity index (χ1n) is 7.65. The minimum Gasteiger partial charge on any atom is -0.494 e. The molecule has 1 aromatic carbocycles. The summed E-state index contributed by atoms with van der Waals surface area (Å²) in [4.78, 5) is 16.4. The number of hydrogen-bond donors (Lipinski definition) is 0. The van der Waals surface area contributed by atoms with Gasteiger partial charge in [0.2, 0.25) is 0 Å². The van der Waals surface area contributed by atoms with Gasteiger partial charge in [0.15, 0.2) is 16.2 Å². The first-order chi connectivity index (χ1) is 11.6. The summed E-state index contributed by atoms with van der Waals surface area (Å²) in [5.41, 5.74) is 1.44. The van der Waals surface area contributed by atoms with Crippen LogP contribution in [0.5, 0.6) is 5.75 Å². The van der Waals surface area contributed by atoms with E-state index in [1.807, 2.05) is 11.0 Å². The van der Waals surface area contributed by atoms with Crippen LogP contribution in [0.4, 0.5) is 4.39 Å². The van der Waals surface area contributed by atoms with Gasteiger partial charge in [-0.2, -0.15) is 0 Å². The van der Waals surface area contributed by atoms with Crippen molar-refractivity contribution in [2.75, 3.05) is 33.3 Å². The molecule has 7 heteroatoms. The zero-order chi connectivity index (χ0) is 17.1. The molecule has 0 radical (unpaired) electrons. The maximum atomic E-state index is 13.8. The largest absolute Gasteiger partial charge is 0.494 e. The molecule has 1 aliphatic rings. The summed E-state index contributed by atoms with van der Waals surface area (Å²) in [5.74, 6) is -0.130. The Morgan fingerprint density at radius 2 is 2.04 bits per heavy atom. The van der Waals surface area contributed by atoms with E-state index >= 15 is 0 Å². The van der Waals surface area contributed by atoms with Crippen LogP contribution in [-0.4, -0.2) is 49.0 Å². The zero-order valence-electron chi connectivity index (χ0n) is 13.3. The second-order valence-electron chi connectivity index (χ2n) is 5.68. The van der Waals surface area contributed by atoms with Crippen LogP contribution < -0.4 is 4.74 Å². The Kier molecular flexibility index (Phi) is 5.20. The Labute approximate surface area is 148 Å². The molecule has 1 aromatic heterocycles. The van der Waals surface area contributed by atoms with E-state index in [0.29, 0.717) is 29.9 Å². The molecule has 0 saturated carbocycles. The van der Waals surface area contributed by atoms with E-state index in [1.54, 1.807) is 12.1 Å². The summed E-state index contributed by atoms with van der Waals surface area (Å²) < 4.78 is 24.4. The lowest BCUT2D eigenvalue weighted by molar-refractivity contribution is 0.0627. The topological polar surface area (TPSA) is 45.9 Å². The monoisotopic (exact) mass is 396 g/mol. The predicted molar refractivity (Wildman–Crippen MR) is 90.5 cm³/mol. The van der Waals surface area contributed by atoms with E-state index in [2.05, 4.69) is 20.8 Å². The highest BCUT2D eigenvalue weighted by molar-refractivity contribution is 9.10. The van der Waals surface area contributed by atoms with Crippen LogP contribution >= 0.6 is 15.9 Å². The van der Waals surface area contributed by atoms with Gasteiger partial charge < -0.3 is 14.1 Å². The summed E-state index contributed by atoms with van der Waals surface area (Å²) in [6.07, 6.45) is 1.46. The Hall–Kier alpha value is -1.86. The van der Waals surface area contributed by atoms with Crippen molar-refractivity contribution in [3.8, 4) is 5.75 Å². The van der Waals surface area contributed by atoms with Crippen molar-refractivity contribution in [3.05, 3.63) is 52.1 Å². The third-order valence-electron chi connectivity index (χ3n) is 4.10. The molecule has 2 heterocycles. The minimum atomic E-state index is -0.352. The van der Waals surface area contributed by atoms with Crippen LogP contribution in [0.15, 0.2) is 39.6 Å². The molecule has 3 rings (SSSR count). The van der Waals surface area contributed by atoms with Gasteiger partial charge in [0.05, 0.1) is 12.7 Å². The van der Waals surface area contributed by atoms with E-state index in [-0.39, 0.29) is 17.5 Å². The second-order valence-corrected chi connectivity index (χ2v) is 6.46. The lowest BCUT2D eigenvalue weighted by atomic mass is 10.1. The molecular formula is C17H18BrFN2O3. The quantitative estimate of drug-likeness (QED) is 0.796. The van der Waals surface area contributed by atoms with Crippen LogP contribution in [0, 0.1) is 5.82 Å². The number of carbonyl (C=O) groups is 1. The average molecular weight is 397 g/mol. The van der Waals surface area contributed by atoms with E-state index in [9.17, 15) is 9.18 Å². The van der Waals surface area contributed by atoms with Gasteiger partial charge in [0, 0.05) is 38.8 Å². The number of halogens is 2. The lowest BCUT2D eigenvalue weighted by Crippen LogP contribution is -2.48. The van der Waals surface area contributed by atoms with Crippen molar-refractivity contribution < 1.29 is 18.3 Å². The first-order valence-corrected chi connectivity index (χ1v) is 8.44. The minimum absolute atomic E-state index is 0.0282. The number of amides is 1. The van der Waals surface area contributed by atoms with Crippen LogP contribution in [0.1, 0.15) is 15.9 Å². The van der Waals surface area contributed by atoms with Crippen molar-refractivity contribution in [3.63, 3.8) is 0 Å². The number of ether oxygens (including phenoxy) is 1. The van der Waals surface area contributed by atoms with Crippen molar-refractivity contribution in [1.29, 1.82) is 0 Å². The van der Waals surface area contributed by atoms with Gasteiger partial charge in [-0.05, 0) is 33.6 Å². The highest BCUT2D eigenvalue weighted by atomic mass is 79.9. The molecule has 0 unspecified atom stereocenters. The van der Waals surface area contributed by atoms with Crippen molar-refractivity contribution in [2.45, 2.75) is 6.54 Å². The maximum absolute atomic E-state index is 13.8. The molecule has 1 amide bonds. The highest BCUT2D eigenvalue weighted by Gasteiger charge is 2.23. The molecule has 0 aliphatic carbocycles. The van der Waals surface area contributed by atoms with Gasteiger partial charge >= 0.3 is 0 Å². The third kappa shape index (κ3) is 3.79. The molecule has 0 N–H and O–H groups in total. The predicted octanol–water partition coefficient (Wildman–Crippen LogP) is 3.15. The van der Waals surface area contributed by atoms with Gasteiger partial charge in [-0.3, -0.25) is 9.69 Å². The molecule has 1 aliphatic heterocycles. The number of rotatable bonds is 4. The number of methoxy groups -OCH3 is 1. The van der Waals surface area contributed by atoms with Crippen LogP contribution in [0.25, 0.3) is 0 Å². The Morgan fingerprint density at radius 1 is 1.29 bits per heavy atom. The van der Waals surface area contributed by atoms with Crippen LogP contribution in [0.2, 0.25) is 0 Å². The lowest BCUT2D eigenvalue weighted by Gasteiger charge is -2.34. The van der Waals surface area contributed by atoms with E-state index in [4.69, 9.17) is 9.15 Å². The molecule has 0 bridgehead atoms. The Bertz CT molecular complexity index is 726. The van der Waals surface area contributed by atoms with Crippen molar-refractivity contribution in [1.82, 2.24) is 9.80 Å². The maximum Gasteiger partial charge on any atom is 0.257 e. The van der Waals surface area contributed by atoms with Gasteiger partial charge in [0.25, 0.3) is 5.91 Å². The SMILES string of the molecule is COc1ccc(CN2CCN(C(=O)c3coc(Br)c3)CC2)cc1F. The number of carbonyl (C=O) groups excluding carboxylic acids is 1. The highest BCUT2D eigenvalue weighted by Crippen LogP contribution is 2.20. The Morgan fingerprint density at radius 3 is 2.62 bits per heavy atom. The fourth-order valence-corrected chi connectivity index (χ4v) is 3.12. The average Bonchev–Trinajstić information content (AvgIpc) is 3.02. The fourth-order valence-electron chi connectivity index (χ4n) is 2.78. The normalized spacial score (nSPS) is 15.5. The molecule has 5 nitrogen and oxygen atoms in total. The molecule has 24 heavy (non-hydrogen) atoms. The summed E-state index contributed by atoms with van der Waals surface area (Å²) in [6.45, 7) is 3.43. The van der Waals surface area contributed by atoms with E-state index in [1.165, 1.54) is 19.4 Å². The van der Waals surface area contributed by atoms with E-state index < -0.39 is 0 Å². The second kappa shape index (κ2) is 7.36. The molecule has 128 valence electrons. The molecule has 1 saturated heterocycles. The molecular weight excluding hydrogens is 379 g/mol. The number of piperazine rings is 1. The number of nitrogens with zero attached hydrogens (tertiary/aromatic N) is 2. The van der Waals surface area contributed by atoms with Crippen molar-refractivity contribution >= 4 is 21.8 Å². The first kappa shape index (κ1) is 17.0. The summed E-state index contributed by atoms with van der Waals surface area (Å²) in [6, 6.07) is 6.68. The number of benzene rings is 1. The van der Waals surface area contributed by atoms with Crippen LogP contribution in [0.3, 0.4) is 0 Å². The zero-order valence-corrected chi connectivity index (χ0v) is 14.9. The smallest absolute Gasteiger partial charge is 0.257 e. The number of hydrogen-bond acceptors (Lipinski definition) is 4. The summed E-state index contributed by atoms with van der Waals surface area (Å²) in [5, 5.41) is 0. The Balaban J connectivity index is 1.55. The van der Waals surface area contributed by atoms with Crippen molar-refractivity contribution in [2.24, 2.45) is 0 Å². The van der Waals surface area contributed by atoms with Crippen LogP contribution in [-0.2, 0) is 6.54 Å². The van der Waals surface area contributed by atoms with Gasteiger partial charge in [0.1, 0.15) is 6.26 Å². The fraction of sp³-hybridized carbons (Fsp3) is 0.353. The van der Waals surface area contributed by atoms with Gasteiger partial charge in [-0.15, -0.1) is 0 Å². The molecule has 0 atom stereocenters. The third-order valence-corrected chi connectivity index (χ3v) is 4.51. The number of furan rings is 1. The van der Waals surface area contributed by atoms with E-state index in [0.717, 1.165) is 18.7 Å². The molecule has 2 aromatic rings. The molecule has 0 spiro atoms.